The Balaban J connectivity index is 1.51. The molecule has 1 aromatic rings. The predicted molar refractivity (Wildman–Crippen MR) is 94.0 cm³/mol. The van der Waals surface area contributed by atoms with Gasteiger partial charge in [-0.1, -0.05) is 0 Å². The fraction of sp³-hybridized carbons (Fsp3) is 0.444. The van der Waals surface area contributed by atoms with Gasteiger partial charge in [-0.05, 0) is 24.6 Å². The maximum absolute atomic E-state index is 12.8. The van der Waals surface area contributed by atoms with Gasteiger partial charge in [-0.25, -0.2) is 0 Å². The smallest absolute Gasteiger partial charge is 0.262 e. The Bertz CT molecular complexity index is 839. The lowest BCUT2D eigenvalue weighted by atomic mass is 10.0. The minimum Gasteiger partial charge on any atom is -0.391 e. The van der Waals surface area contributed by atoms with Crippen LogP contribution in [0.15, 0.2) is 18.2 Å². The molecule has 27 heavy (non-hydrogen) atoms. The number of piperidine rings is 1. The summed E-state index contributed by atoms with van der Waals surface area (Å²) in [5, 5.41) is 18.3. The highest BCUT2D eigenvalue weighted by Gasteiger charge is 2.44. The lowest BCUT2D eigenvalue weighted by molar-refractivity contribution is -0.136. The minimum absolute atomic E-state index is 0.0653. The highest BCUT2D eigenvalue weighted by atomic mass is 16.3. The van der Waals surface area contributed by atoms with Crippen molar-refractivity contribution in [1.29, 1.82) is 0 Å². The number of aliphatic hydroxyl groups is 1. The first-order valence-electron chi connectivity index (χ1n) is 8.94. The molecular formula is C18H20N4O5. The van der Waals surface area contributed by atoms with Gasteiger partial charge in [0.2, 0.25) is 11.8 Å². The van der Waals surface area contributed by atoms with Gasteiger partial charge in [-0.2, -0.15) is 0 Å². The van der Waals surface area contributed by atoms with Crippen LogP contribution in [-0.2, 0) is 9.59 Å². The second-order valence-electron chi connectivity index (χ2n) is 7.07. The van der Waals surface area contributed by atoms with E-state index in [1.165, 1.54) is 0 Å². The summed E-state index contributed by atoms with van der Waals surface area (Å²) in [7, 11) is 0. The summed E-state index contributed by atoms with van der Waals surface area (Å²) in [5.41, 5.74) is 1.15. The first-order valence-corrected chi connectivity index (χ1v) is 8.94. The molecule has 0 spiro atoms. The van der Waals surface area contributed by atoms with Crippen molar-refractivity contribution in [3.05, 3.63) is 29.3 Å². The lowest BCUT2D eigenvalue weighted by Gasteiger charge is -2.27. The molecule has 3 aliphatic heterocycles. The van der Waals surface area contributed by atoms with E-state index in [2.05, 4.69) is 16.0 Å². The van der Waals surface area contributed by atoms with Crippen molar-refractivity contribution in [2.75, 3.05) is 25.0 Å². The number of hydrogen-bond donors (Lipinski definition) is 4. The number of carbonyl (C=O) groups is 4. The highest BCUT2D eigenvalue weighted by molar-refractivity contribution is 6.23. The molecular weight excluding hydrogens is 352 g/mol. The number of aliphatic hydroxyl groups excluding tert-OH is 1. The fourth-order valence-corrected chi connectivity index (χ4v) is 3.76. The third kappa shape index (κ3) is 3.08. The molecule has 1 unspecified atom stereocenters. The Morgan fingerprint density at radius 2 is 1.89 bits per heavy atom. The van der Waals surface area contributed by atoms with Crippen molar-refractivity contribution in [1.82, 2.24) is 15.5 Å². The van der Waals surface area contributed by atoms with Crippen molar-refractivity contribution in [3.63, 3.8) is 0 Å². The standard InChI is InChI=1S/C18H20N4O5/c23-14-8-19-6-9(14)7-20-10-1-2-11-12(5-10)18(27)22(17(11)26)13-3-4-15(24)21-16(13)25/h1-2,5,9,13-14,19-20,23H,3-4,6-8H2,(H,21,24,25)/t9-,13?,14-/m1/s1. The quantitative estimate of drug-likeness (QED) is 0.503. The van der Waals surface area contributed by atoms with E-state index in [1.807, 2.05) is 0 Å². The Morgan fingerprint density at radius 1 is 1.11 bits per heavy atom. The van der Waals surface area contributed by atoms with E-state index in [9.17, 15) is 24.3 Å². The molecule has 4 N–H and O–H groups in total. The van der Waals surface area contributed by atoms with Gasteiger partial charge in [0, 0.05) is 37.7 Å². The normalized spacial score (nSPS) is 27.7. The number of nitrogens with one attached hydrogen (secondary N) is 3. The van der Waals surface area contributed by atoms with Crippen LogP contribution in [0.4, 0.5) is 5.69 Å². The molecule has 3 heterocycles. The Labute approximate surface area is 155 Å². The summed E-state index contributed by atoms with van der Waals surface area (Å²) in [6, 6.07) is 3.89. The number of nitrogens with zero attached hydrogens (tertiary/aromatic N) is 1. The SMILES string of the molecule is O=C1CCC(N2C(=O)c3ccc(NC[C@H]4CNC[C@H]4O)cc3C2=O)C(=O)N1. The molecule has 4 rings (SSSR count). The average molecular weight is 372 g/mol. The second kappa shape index (κ2) is 6.75. The number of rotatable bonds is 4. The Kier molecular flexibility index (Phi) is 4.40. The van der Waals surface area contributed by atoms with E-state index in [0.717, 1.165) is 4.90 Å². The minimum atomic E-state index is -0.966. The summed E-state index contributed by atoms with van der Waals surface area (Å²) < 4.78 is 0. The Morgan fingerprint density at radius 3 is 2.59 bits per heavy atom. The molecule has 2 saturated heterocycles. The van der Waals surface area contributed by atoms with E-state index < -0.39 is 35.8 Å². The summed E-state index contributed by atoms with van der Waals surface area (Å²) >= 11 is 0. The number of imide groups is 2. The van der Waals surface area contributed by atoms with Gasteiger partial charge in [0.25, 0.3) is 11.8 Å². The van der Waals surface area contributed by atoms with Crippen molar-refractivity contribution >= 4 is 29.3 Å². The summed E-state index contributed by atoms with van der Waals surface area (Å²) in [6.45, 7) is 1.80. The van der Waals surface area contributed by atoms with Gasteiger partial charge in [0.1, 0.15) is 6.04 Å². The van der Waals surface area contributed by atoms with Crippen LogP contribution in [0, 0.1) is 5.92 Å². The molecule has 0 radical (unpaired) electrons. The van der Waals surface area contributed by atoms with Crippen LogP contribution >= 0.6 is 0 Å². The summed E-state index contributed by atoms with van der Waals surface area (Å²) in [6.07, 6.45) is -0.194. The number of carbonyl (C=O) groups excluding carboxylic acids is 4. The van der Waals surface area contributed by atoms with Crippen LogP contribution in [0.2, 0.25) is 0 Å². The molecule has 0 bridgehead atoms. The summed E-state index contributed by atoms with van der Waals surface area (Å²) in [5.74, 6) is -2.01. The van der Waals surface area contributed by atoms with E-state index in [1.54, 1.807) is 18.2 Å². The number of benzene rings is 1. The third-order valence-corrected chi connectivity index (χ3v) is 5.31. The highest BCUT2D eigenvalue weighted by Crippen LogP contribution is 2.29. The van der Waals surface area contributed by atoms with Crippen molar-refractivity contribution in [2.45, 2.75) is 25.0 Å². The molecule has 4 amide bonds. The van der Waals surface area contributed by atoms with E-state index >= 15 is 0 Å². The first kappa shape index (κ1) is 17.6. The van der Waals surface area contributed by atoms with Crippen LogP contribution in [0.25, 0.3) is 0 Å². The zero-order chi connectivity index (χ0) is 19.1. The van der Waals surface area contributed by atoms with Crippen LogP contribution in [0.5, 0.6) is 0 Å². The second-order valence-corrected chi connectivity index (χ2v) is 7.07. The van der Waals surface area contributed by atoms with Crippen molar-refractivity contribution < 1.29 is 24.3 Å². The van der Waals surface area contributed by atoms with E-state index in [-0.39, 0.29) is 29.9 Å². The zero-order valence-electron chi connectivity index (χ0n) is 14.5. The van der Waals surface area contributed by atoms with Crippen molar-refractivity contribution in [3.8, 4) is 0 Å². The van der Waals surface area contributed by atoms with Crippen LogP contribution < -0.4 is 16.0 Å². The fourth-order valence-electron chi connectivity index (χ4n) is 3.76. The zero-order valence-corrected chi connectivity index (χ0v) is 14.5. The van der Waals surface area contributed by atoms with Crippen LogP contribution in [-0.4, -0.2) is 65.4 Å². The molecule has 0 aromatic heterocycles. The third-order valence-electron chi connectivity index (χ3n) is 5.31. The van der Waals surface area contributed by atoms with Crippen LogP contribution in [0.1, 0.15) is 33.6 Å². The lowest BCUT2D eigenvalue weighted by Crippen LogP contribution is -2.54. The van der Waals surface area contributed by atoms with Crippen molar-refractivity contribution in [2.24, 2.45) is 5.92 Å². The van der Waals surface area contributed by atoms with Gasteiger partial charge in [-0.15, -0.1) is 0 Å². The van der Waals surface area contributed by atoms with Gasteiger partial charge in [0.15, 0.2) is 0 Å². The number of β-amino-alcohol motifs (C(OH)–C–C–N with tert-alkyl or cyclic N) is 1. The number of fused-ring (bicyclic) bond motifs is 1. The van der Waals surface area contributed by atoms with E-state index in [0.29, 0.717) is 25.3 Å². The maximum atomic E-state index is 12.8. The van der Waals surface area contributed by atoms with Gasteiger partial charge in [-0.3, -0.25) is 29.4 Å². The molecule has 1 aromatic carbocycles. The van der Waals surface area contributed by atoms with Gasteiger partial charge in [0.05, 0.1) is 17.2 Å². The number of hydrogen-bond acceptors (Lipinski definition) is 7. The molecule has 142 valence electrons. The molecule has 0 saturated carbocycles. The van der Waals surface area contributed by atoms with Crippen LogP contribution in [0.3, 0.4) is 0 Å². The monoisotopic (exact) mass is 372 g/mol. The maximum Gasteiger partial charge on any atom is 0.262 e. The van der Waals surface area contributed by atoms with E-state index in [4.69, 9.17) is 0 Å². The molecule has 0 aliphatic carbocycles. The summed E-state index contributed by atoms with van der Waals surface area (Å²) in [4.78, 5) is 49.7. The molecule has 3 aliphatic rings. The topological polar surface area (TPSA) is 128 Å². The molecule has 9 nitrogen and oxygen atoms in total. The molecule has 2 fully saturated rings. The molecule has 9 heteroatoms. The predicted octanol–water partition coefficient (Wildman–Crippen LogP) is -0.920. The number of amides is 4. The largest absolute Gasteiger partial charge is 0.391 e. The number of anilines is 1. The Hall–Kier alpha value is -2.78. The first-order chi connectivity index (χ1) is 13.0. The average Bonchev–Trinajstić information content (AvgIpc) is 3.15. The van der Waals surface area contributed by atoms with Gasteiger partial charge >= 0.3 is 0 Å². The molecule has 3 atom stereocenters. The van der Waals surface area contributed by atoms with Gasteiger partial charge < -0.3 is 15.7 Å².